The van der Waals surface area contributed by atoms with E-state index in [9.17, 15) is 13.2 Å². The molecule has 2 aromatic heterocycles. The van der Waals surface area contributed by atoms with Gasteiger partial charge in [-0.15, -0.1) is 0 Å². The van der Waals surface area contributed by atoms with E-state index in [1.54, 1.807) is 29.3 Å². The van der Waals surface area contributed by atoms with Gasteiger partial charge in [-0.25, -0.2) is 23.1 Å². The Morgan fingerprint density at radius 1 is 0.979 bits per heavy atom. The van der Waals surface area contributed by atoms with Crippen LogP contribution in [0.25, 0.3) is 11.3 Å². The average molecular weight is 657 g/mol. The Kier molecular flexibility index (Phi) is 9.42. The van der Waals surface area contributed by atoms with Gasteiger partial charge >= 0.3 is 0 Å². The number of rotatable bonds is 6. The number of nitrogens with zero attached hydrogens (tertiary/aromatic N) is 5. The number of ether oxygens (including phenoxy) is 2. The Balaban J connectivity index is 1.42. The van der Waals surface area contributed by atoms with Gasteiger partial charge in [0.25, 0.3) is 15.9 Å². The second-order valence-electron chi connectivity index (χ2n) is 12.5. The van der Waals surface area contributed by atoms with E-state index in [4.69, 9.17) is 14.5 Å². The molecule has 4 heterocycles. The number of carbonyl (C=O) groups is 1. The van der Waals surface area contributed by atoms with Gasteiger partial charge in [-0.05, 0) is 67.1 Å². The molecular weight excluding hydrogens is 616 g/mol. The van der Waals surface area contributed by atoms with Crippen LogP contribution in [0.2, 0.25) is 0 Å². The highest BCUT2D eigenvalue weighted by Gasteiger charge is 2.29. The summed E-state index contributed by atoms with van der Waals surface area (Å²) >= 11 is 0. The second kappa shape index (κ2) is 13.7. The number of amides is 1. The summed E-state index contributed by atoms with van der Waals surface area (Å²) in [6.07, 6.45) is 2.44. The van der Waals surface area contributed by atoms with Crippen molar-refractivity contribution in [1.82, 2.24) is 19.9 Å². The first-order chi connectivity index (χ1) is 22.6. The number of nitrogens with one attached hydrogen (secondary N) is 1. The third-order valence-electron chi connectivity index (χ3n) is 8.42. The van der Waals surface area contributed by atoms with E-state index in [1.807, 2.05) is 44.2 Å². The maximum Gasteiger partial charge on any atom is 0.264 e. The molecular formula is C35H40N6O5S. The molecule has 2 aromatic carbocycles. The molecule has 0 radical (unpaired) electrons. The van der Waals surface area contributed by atoms with Gasteiger partial charge in [0, 0.05) is 43.0 Å². The fraction of sp³-hybridized carbons (Fsp3) is 0.371. The maximum absolute atomic E-state index is 14.3. The molecule has 4 bridgehead atoms. The molecule has 11 nitrogen and oxygen atoms in total. The zero-order chi connectivity index (χ0) is 33.1. The van der Waals surface area contributed by atoms with Gasteiger partial charge in [-0.3, -0.25) is 4.79 Å². The number of morpholine rings is 1. The van der Waals surface area contributed by atoms with Crippen LogP contribution in [-0.2, 0) is 21.3 Å². The van der Waals surface area contributed by atoms with Crippen LogP contribution >= 0.6 is 0 Å². The molecule has 1 fully saturated rings. The summed E-state index contributed by atoms with van der Waals surface area (Å²) in [5.41, 5.74) is 4.47. The van der Waals surface area contributed by atoms with E-state index in [2.05, 4.69) is 33.4 Å². The fourth-order valence-corrected chi connectivity index (χ4v) is 7.09. The van der Waals surface area contributed by atoms with Crippen LogP contribution in [0.4, 0.5) is 11.8 Å². The standard InChI is InChI=1S/C35H40N6O5S/c1-23(2)17-28-22-46-32-19-30(33-24(3)7-5-8-25(33)4)37-35(38-32)39-47(43,44)29-10-6-9-27(18-29)34(42)41(28)21-26-11-12-31(36-20-26)40-13-15-45-16-14-40/h5-12,18-20,23,28H,13-17,21-22H2,1-4H3,(H,37,38,39)/t28-/m1/s1. The normalized spacial score (nSPS) is 18.1. The second-order valence-corrected chi connectivity index (χ2v) is 14.1. The smallest absolute Gasteiger partial charge is 0.264 e. The Morgan fingerprint density at radius 2 is 1.72 bits per heavy atom. The Bertz CT molecular complexity index is 1840. The van der Waals surface area contributed by atoms with Crippen molar-refractivity contribution >= 4 is 27.7 Å². The molecule has 1 atom stereocenters. The van der Waals surface area contributed by atoms with Gasteiger partial charge in [0.1, 0.15) is 12.4 Å². The van der Waals surface area contributed by atoms with Crippen molar-refractivity contribution in [3.63, 3.8) is 0 Å². The molecule has 4 aromatic rings. The molecule has 0 aliphatic carbocycles. The summed E-state index contributed by atoms with van der Waals surface area (Å²) in [6.45, 7) is 11.4. The first-order valence-electron chi connectivity index (χ1n) is 15.9. The lowest BCUT2D eigenvalue weighted by Crippen LogP contribution is -2.44. The molecule has 47 heavy (non-hydrogen) atoms. The Hall–Kier alpha value is -4.55. The minimum atomic E-state index is -4.15. The molecule has 2 aliphatic heterocycles. The number of aryl methyl sites for hydroxylation is 2. The van der Waals surface area contributed by atoms with Gasteiger partial charge in [-0.1, -0.05) is 44.2 Å². The van der Waals surface area contributed by atoms with Crippen molar-refractivity contribution < 1.29 is 22.7 Å². The van der Waals surface area contributed by atoms with Crippen LogP contribution in [-0.4, -0.2) is 73.1 Å². The van der Waals surface area contributed by atoms with Gasteiger partial charge < -0.3 is 19.3 Å². The lowest BCUT2D eigenvalue weighted by Gasteiger charge is -2.33. The molecule has 1 amide bonds. The SMILES string of the molecule is Cc1cccc(C)c1-c1cc2nc(n1)NS(=O)(=O)c1cccc(c1)C(=O)N(Cc1ccc(N3CCOCC3)nc1)[C@H](CC(C)C)CO2. The lowest BCUT2D eigenvalue weighted by atomic mass is 10.00. The molecule has 0 unspecified atom stereocenters. The van der Waals surface area contributed by atoms with Crippen molar-refractivity contribution in [2.45, 2.75) is 51.6 Å². The van der Waals surface area contributed by atoms with Crippen LogP contribution in [0.15, 0.2) is 71.8 Å². The van der Waals surface area contributed by atoms with Crippen LogP contribution in [0.1, 0.15) is 47.3 Å². The predicted octanol–water partition coefficient (Wildman–Crippen LogP) is 5.24. The minimum absolute atomic E-state index is 0.0666. The number of benzene rings is 2. The average Bonchev–Trinajstić information content (AvgIpc) is 3.05. The number of pyridine rings is 1. The van der Waals surface area contributed by atoms with E-state index in [1.165, 1.54) is 12.1 Å². The van der Waals surface area contributed by atoms with Crippen molar-refractivity contribution in [3.8, 4) is 17.1 Å². The molecule has 2 aliphatic rings. The summed E-state index contributed by atoms with van der Waals surface area (Å²) in [4.78, 5) is 32.0. The minimum Gasteiger partial charge on any atom is -0.475 e. The number of carbonyl (C=O) groups excluding carboxylic acids is 1. The van der Waals surface area contributed by atoms with Crippen LogP contribution < -0.4 is 14.4 Å². The fourth-order valence-electron chi connectivity index (χ4n) is 6.10. The van der Waals surface area contributed by atoms with Crippen LogP contribution in [0.3, 0.4) is 0 Å². The maximum atomic E-state index is 14.3. The largest absolute Gasteiger partial charge is 0.475 e. The monoisotopic (exact) mass is 656 g/mol. The van der Waals surface area contributed by atoms with Gasteiger partial charge in [0.15, 0.2) is 0 Å². The summed E-state index contributed by atoms with van der Waals surface area (Å²) in [7, 11) is -4.15. The highest BCUT2D eigenvalue weighted by atomic mass is 32.2. The van der Waals surface area contributed by atoms with Crippen molar-refractivity contribution in [3.05, 3.63) is 89.1 Å². The number of hydrogen-bond acceptors (Lipinski definition) is 9. The highest BCUT2D eigenvalue weighted by molar-refractivity contribution is 7.92. The number of fused-ring (bicyclic) bond motifs is 4. The first kappa shape index (κ1) is 32.4. The summed E-state index contributed by atoms with van der Waals surface area (Å²) in [5.74, 6) is 0.886. The number of sulfonamides is 1. The molecule has 0 saturated carbocycles. The topological polar surface area (TPSA) is 127 Å². The zero-order valence-electron chi connectivity index (χ0n) is 27.1. The molecule has 6 rings (SSSR count). The molecule has 1 N–H and O–H groups in total. The van der Waals surface area contributed by atoms with Gasteiger partial charge in [0.2, 0.25) is 11.8 Å². The number of anilines is 2. The van der Waals surface area contributed by atoms with E-state index in [0.717, 1.165) is 41.2 Å². The summed E-state index contributed by atoms with van der Waals surface area (Å²) < 4.78 is 41.6. The Labute approximate surface area is 276 Å². The Morgan fingerprint density at radius 3 is 2.43 bits per heavy atom. The first-order valence-corrected chi connectivity index (χ1v) is 17.4. The van der Waals surface area contributed by atoms with E-state index < -0.39 is 10.0 Å². The molecule has 1 saturated heterocycles. The molecule has 246 valence electrons. The van der Waals surface area contributed by atoms with E-state index >= 15 is 0 Å². The quantitative estimate of drug-likeness (QED) is 0.296. The number of hydrogen-bond donors (Lipinski definition) is 1. The summed E-state index contributed by atoms with van der Waals surface area (Å²) in [6, 6.07) is 17.3. The van der Waals surface area contributed by atoms with Crippen LogP contribution in [0.5, 0.6) is 5.88 Å². The molecule has 0 spiro atoms. The summed E-state index contributed by atoms with van der Waals surface area (Å²) in [5, 5.41) is 0. The molecule has 12 heteroatoms. The lowest BCUT2D eigenvalue weighted by molar-refractivity contribution is 0.0553. The third-order valence-corrected chi connectivity index (χ3v) is 9.75. The van der Waals surface area contributed by atoms with Crippen LogP contribution in [0, 0.1) is 19.8 Å². The van der Waals surface area contributed by atoms with E-state index in [0.29, 0.717) is 25.3 Å². The highest BCUT2D eigenvalue weighted by Crippen LogP contribution is 2.30. The van der Waals surface area contributed by atoms with Gasteiger partial charge in [-0.2, -0.15) is 4.98 Å². The predicted molar refractivity (Wildman–Crippen MR) is 180 cm³/mol. The zero-order valence-corrected chi connectivity index (χ0v) is 28.0. The van der Waals surface area contributed by atoms with Crippen molar-refractivity contribution in [1.29, 1.82) is 0 Å². The van der Waals surface area contributed by atoms with Crippen molar-refractivity contribution in [2.24, 2.45) is 5.92 Å². The van der Waals surface area contributed by atoms with Crippen molar-refractivity contribution in [2.75, 3.05) is 42.5 Å². The van der Waals surface area contributed by atoms with Gasteiger partial charge in [0.05, 0.1) is 29.8 Å². The van der Waals surface area contributed by atoms with E-state index in [-0.39, 0.29) is 53.3 Å². The third kappa shape index (κ3) is 7.39. The number of aromatic nitrogens is 3.